The van der Waals surface area contributed by atoms with E-state index in [1.807, 2.05) is 25.1 Å². The van der Waals surface area contributed by atoms with Gasteiger partial charge in [-0.15, -0.1) is 0 Å². The second kappa shape index (κ2) is 6.77. The molecule has 3 rings (SSSR count). The molecule has 1 aliphatic rings. The average Bonchev–Trinajstić information content (AvgIpc) is 2.61. The maximum Gasteiger partial charge on any atom is 0.261 e. The molecule has 0 saturated heterocycles. The molecule has 0 unspecified atom stereocenters. The maximum atomic E-state index is 12.7. The van der Waals surface area contributed by atoms with Gasteiger partial charge in [0, 0.05) is 5.52 Å². The van der Waals surface area contributed by atoms with E-state index in [0.717, 1.165) is 31.1 Å². The standard InChI is InChI=1S/C19H24N2O3/c1-19(12-22,14-8-3-2-4-9-14)21-18(24)15-11-13-7-5-6-10-16(13)20-17(15)23/h5-7,10-11,14,22H,2-4,8-9,12H2,1H3,(H,20,23)(H,21,24)/t19-/m0/s1. The number of aliphatic hydroxyl groups excluding tert-OH is 1. The van der Waals surface area contributed by atoms with Gasteiger partial charge in [0.2, 0.25) is 0 Å². The molecule has 128 valence electrons. The highest BCUT2D eigenvalue weighted by atomic mass is 16.3. The van der Waals surface area contributed by atoms with Gasteiger partial charge in [-0.05, 0) is 43.2 Å². The van der Waals surface area contributed by atoms with E-state index in [1.165, 1.54) is 6.42 Å². The molecule has 1 aromatic carbocycles. The lowest BCUT2D eigenvalue weighted by Crippen LogP contribution is -2.55. The number of pyridine rings is 1. The number of rotatable bonds is 4. The molecule has 0 aliphatic heterocycles. The summed E-state index contributed by atoms with van der Waals surface area (Å²) in [5.74, 6) is -0.191. The summed E-state index contributed by atoms with van der Waals surface area (Å²) >= 11 is 0. The van der Waals surface area contributed by atoms with Crippen molar-refractivity contribution in [3.05, 3.63) is 46.2 Å². The minimum absolute atomic E-state index is 0.0872. The Bertz CT molecular complexity index is 793. The molecule has 3 N–H and O–H groups in total. The quantitative estimate of drug-likeness (QED) is 0.807. The fourth-order valence-electron chi connectivity index (χ4n) is 3.65. The SMILES string of the molecule is C[C@@](CO)(NC(=O)c1cc2ccccc2[nH]c1=O)C1CCCCC1. The van der Waals surface area contributed by atoms with Crippen molar-refractivity contribution in [3.63, 3.8) is 0 Å². The third-order valence-corrected chi connectivity index (χ3v) is 5.23. The number of H-pyrrole nitrogens is 1. The van der Waals surface area contributed by atoms with Crippen LogP contribution in [-0.4, -0.2) is 28.1 Å². The Hall–Kier alpha value is -2.14. The van der Waals surface area contributed by atoms with Gasteiger partial charge >= 0.3 is 0 Å². The summed E-state index contributed by atoms with van der Waals surface area (Å²) in [7, 11) is 0. The highest BCUT2D eigenvalue weighted by Gasteiger charge is 2.36. The number of benzene rings is 1. The van der Waals surface area contributed by atoms with Gasteiger partial charge in [0.15, 0.2) is 0 Å². The summed E-state index contributed by atoms with van der Waals surface area (Å²) in [5.41, 5.74) is -0.314. The van der Waals surface area contributed by atoms with Crippen LogP contribution in [0.15, 0.2) is 35.1 Å². The van der Waals surface area contributed by atoms with Crippen molar-refractivity contribution in [2.24, 2.45) is 5.92 Å². The van der Waals surface area contributed by atoms with Crippen molar-refractivity contribution in [2.45, 2.75) is 44.6 Å². The molecule has 0 spiro atoms. The third kappa shape index (κ3) is 3.22. The van der Waals surface area contributed by atoms with Crippen LogP contribution in [0.2, 0.25) is 0 Å². The van der Waals surface area contributed by atoms with Gasteiger partial charge in [0.05, 0.1) is 12.1 Å². The number of carbonyl (C=O) groups is 1. The first-order chi connectivity index (χ1) is 11.5. The molecule has 1 aromatic heterocycles. The van der Waals surface area contributed by atoms with E-state index < -0.39 is 17.0 Å². The van der Waals surface area contributed by atoms with E-state index in [4.69, 9.17) is 0 Å². The second-order valence-corrected chi connectivity index (χ2v) is 6.96. The summed E-state index contributed by atoms with van der Waals surface area (Å²) in [5, 5.41) is 13.6. The second-order valence-electron chi connectivity index (χ2n) is 6.96. The molecule has 1 amide bonds. The number of carbonyl (C=O) groups excluding carboxylic acids is 1. The van der Waals surface area contributed by atoms with E-state index in [-0.39, 0.29) is 18.1 Å². The average molecular weight is 328 g/mol. The molecule has 5 heteroatoms. The van der Waals surface area contributed by atoms with Crippen LogP contribution in [0, 0.1) is 5.92 Å². The molecule has 1 aliphatic carbocycles. The van der Waals surface area contributed by atoms with Crippen molar-refractivity contribution in [1.82, 2.24) is 10.3 Å². The Labute approximate surface area is 141 Å². The Kier molecular flexibility index (Phi) is 4.71. The Morgan fingerprint density at radius 1 is 1.29 bits per heavy atom. The minimum Gasteiger partial charge on any atom is -0.394 e. The van der Waals surface area contributed by atoms with Crippen molar-refractivity contribution < 1.29 is 9.90 Å². The lowest BCUT2D eigenvalue weighted by Gasteiger charge is -2.39. The molecule has 1 saturated carbocycles. The smallest absolute Gasteiger partial charge is 0.261 e. The monoisotopic (exact) mass is 328 g/mol. The largest absolute Gasteiger partial charge is 0.394 e. The zero-order valence-corrected chi connectivity index (χ0v) is 14.0. The molecule has 5 nitrogen and oxygen atoms in total. The number of amides is 1. The van der Waals surface area contributed by atoms with E-state index in [9.17, 15) is 14.7 Å². The molecule has 1 atom stereocenters. The number of hydrogen-bond donors (Lipinski definition) is 3. The first-order valence-electron chi connectivity index (χ1n) is 8.59. The number of nitrogens with one attached hydrogen (secondary N) is 2. The number of hydrogen-bond acceptors (Lipinski definition) is 3. The Balaban J connectivity index is 1.88. The highest BCUT2D eigenvalue weighted by Crippen LogP contribution is 2.32. The fraction of sp³-hybridized carbons (Fsp3) is 0.474. The predicted octanol–water partition coefficient (Wildman–Crippen LogP) is 2.59. The number of fused-ring (bicyclic) bond motifs is 1. The lowest BCUT2D eigenvalue weighted by atomic mass is 9.76. The van der Waals surface area contributed by atoms with Gasteiger partial charge in [0.25, 0.3) is 11.5 Å². The van der Waals surface area contributed by atoms with Gasteiger partial charge in [-0.1, -0.05) is 37.5 Å². The summed E-state index contributed by atoms with van der Waals surface area (Å²) in [6, 6.07) is 8.97. The van der Waals surface area contributed by atoms with E-state index >= 15 is 0 Å². The first-order valence-corrected chi connectivity index (χ1v) is 8.59. The van der Waals surface area contributed by atoms with Gasteiger partial charge in [-0.3, -0.25) is 9.59 Å². The van der Waals surface area contributed by atoms with Crippen LogP contribution in [0.3, 0.4) is 0 Å². The van der Waals surface area contributed by atoms with Crippen molar-refractivity contribution in [2.75, 3.05) is 6.61 Å². The van der Waals surface area contributed by atoms with Crippen molar-refractivity contribution >= 4 is 16.8 Å². The number of aliphatic hydroxyl groups is 1. The normalized spacial score (nSPS) is 18.2. The Morgan fingerprint density at radius 2 is 2.00 bits per heavy atom. The number of aromatic amines is 1. The molecule has 24 heavy (non-hydrogen) atoms. The summed E-state index contributed by atoms with van der Waals surface area (Å²) < 4.78 is 0. The highest BCUT2D eigenvalue weighted by molar-refractivity contribution is 5.97. The van der Waals surface area contributed by atoms with Crippen LogP contribution in [0.1, 0.15) is 49.4 Å². The molecular weight excluding hydrogens is 304 g/mol. The molecule has 0 radical (unpaired) electrons. The van der Waals surface area contributed by atoms with Crippen molar-refractivity contribution in [3.8, 4) is 0 Å². The fourth-order valence-corrected chi connectivity index (χ4v) is 3.65. The molecular formula is C19H24N2O3. The zero-order chi connectivity index (χ0) is 17.2. The lowest BCUT2D eigenvalue weighted by molar-refractivity contribution is 0.0678. The van der Waals surface area contributed by atoms with Crippen LogP contribution in [0.25, 0.3) is 10.9 Å². The van der Waals surface area contributed by atoms with Crippen LogP contribution in [0.4, 0.5) is 0 Å². The molecule has 1 heterocycles. The van der Waals surface area contributed by atoms with Gasteiger partial charge < -0.3 is 15.4 Å². The summed E-state index contributed by atoms with van der Waals surface area (Å²) in [6.45, 7) is 1.74. The predicted molar refractivity (Wildman–Crippen MR) is 94.1 cm³/mol. The van der Waals surface area contributed by atoms with Crippen LogP contribution in [-0.2, 0) is 0 Å². The van der Waals surface area contributed by atoms with E-state index in [1.54, 1.807) is 12.1 Å². The first kappa shape index (κ1) is 16.7. The van der Waals surface area contributed by atoms with Gasteiger partial charge in [0.1, 0.15) is 5.56 Å². The van der Waals surface area contributed by atoms with Crippen molar-refractivity contribution in [1.29, 1.82) is 0 Å². The number of aromatic nitrogens is 1. The minimum atomic E-state index is -0.699. The zero-order valence-electron chi connectivity index (χ0n) is 14.0. The third-order valence-electron chi connectivity index (χ3n) is 5.23. The maximum absolute atomic E-state index is 12.7. The summed E-state index contributed by atoms with van der Waals surface area (Å²) in [6.07, 6.45) is 5.42. The van der Waals surface area contributed by atoms with Crippen LogP contribution < -0.4 is 10.9 Å². The van der Waals surface area contributed by atoms with Gasteiger partial charge in [-0.25, -0.2) is 0 Å². The van der Waals surface area contributed by atoms with E-state index in [2.05, 4.69) is 10.3 Å². The summed E-state index contributed by atoms with van der Waals surface area (Å²) in [4.78, 5) is 27.7. The molecule has 1 fully saturated rings. The van der Waals surface area contributed by atoms with Crippen LogP contribution >= 0.6 is 0 Å². The Morgan fingerprint density at radius 3 is 2.71 bits per heavy atom. The van der Waals surface area contributed by atoms with Gasteiger partial charge in [-0.2, -0.15) is 0 Å². The molecule has 0 bridgehead atoms. The van der Waals surface area contributed by atoms with Crippen LogP contribution in [0.5, 0.6) is 0 Å². The van der Waals surface area contributed by atoms with E-state index in [0.29, 0.717) is 5.52 Å². The topological polar surface area (TPSA) is 82.2 Å². The molecule has 2 aromatic rings. The number of para-hydroxylation sites is 1.